The highest BCUT2D eigenvalue weighted by Gasteiger charge is 2.44. The lowest BCUT2D eigenvalue weighted by atomic mass is 10.1. The average Bonchev–Trinajstić information content (AvgIpc) is 2.69. The Morgan fingerprint density at radius 2 is 2.21 bits per heavy atom. The van der Waals surface area contributed by atoms with E-state index < -0.39 is 5.97 Å². The third kappa shape index (κ3) is 3.02. The molecule has 0 spiro atoms. The highest BCUT2D eigenvalue weighted by molar-refractivity contribution is 6.41. The third-order valence-electron chi connectivity index (χ3n) is 2.57. The number of hydrogen-bond acceptors (Lipinski definition) is 2. The molecule has 1 unspecified atom stereocenters. The van der Waals surface area contributed by atoms with Gasteiger partial charge in [-0.1, -0.05) is 38.4 Å². The number of carbonyl (C=O) groups excluding carboxylic acids is 1. The molecular formula is C11H17ClO2. The van der Waals surface area contributed by atoms with Crippen molar-refractivity contribution in [1.82, 2.24) is 0 Å². The van der Waals surface area contributed by atoms with Gasteiger partial charge >= 0.3 is 5.97 Å². The topological polar surface area (TPSA) is 26.3 Å². The summed E-state index contributed by atoms with van der Waals surface area (Å²) in [5.41, 5.74) is 0.311. The first-order valence-electron chi connectivity index (χ1n) is 5.02. The van der Waals surface area contributed by atoms with Crippen molar-refractivity contribution in [2.24, 2.45) is 11.3 Å². The number of halogens is 1. The molecule has 0 N–H and O–H groups in total. The summed E-state index contributed by atoms with van der Waals surface area (Å²) in [6, 6.07) is 0. The van der Waals surface area contributed by atoms with Crippen LogP contribution in [0, 0.1) is 11.3 Å². The molecule has 0 bridgehead atoms. The van der Waals surface area contributed by atoms with Crippen molar-refractivity contribution in [3.05, 3.63) is 11.1 Å². The molecule has 0 radical (unpaired) electrons. The van der Waals surface area contributed by atoms with E-state index in [2.05, 4.69) is 13.8 Å². The maximum Gasteiger partial charge on any atom is 0.349 e. The van der Waals surface area contributed by atoms with E-state index in [-0.39, 0.29) is 5.03 Å². The van der Waals surface area contributed by atoms with Crippen LogP contribution in [-0.4, -0.2) is 12.6 Å². The summed E-state index contributed by atoms with van der Waals surface area (Å²) in [6.07, 6.45) is 3.74. The van der Waals surface area contributed by atoms with Crippen molar-refractivity contribution >= 4 is 17.6 Å². The number of hydrogen-bond donors (Lipinski definition) is 0. The van der Waals surface area contributed by atoms with Gasteiger partial charge in [-0.05, 0) is 24.2 Å². The van der Waals surface area contributed by atoms with E-state index >= 15 is 0 Å². The molecule has 3 heteroatoms. The Morgan fingerprint density at radius 1 is 1.64 bits per heavy atom. The first-order valence-corrected chi connectivity index (χ1v) is 5.39. The summed E-state index contributed by atoms with van der Waals surface area (Å²) in [6.45, 7) is 6.72. The van der Waals surface area contributed by atoms with E-state index in [1.54, 1.807) is 0 Å². The molecule has 1 fully saturated rings. The second kappa shape index (κ2) is 4.35. The maximum atomic E-state index is 11.3. The molecule has 0 aliphatic heterocycles. The monoisotopic (exact) mass is 216 g/mol. The highest BCUT2D eigenvalue weighted by atomic mass is 35.5. The van der Waals surface area contributed by atoms with Crippen molar-refractivity contribution in [3.63, 3.8) is 0 Å². The van der Waals surface area contributed by atoms with Crippen molar-refractivity contribution in [1.29, 1.82) is 0 Å². The SMILES string of the molecule is CCCOC(=O)C(Cl)=CC1CC1(C)C. The summed E-state index contributed by atoms with van der Waals surface area (Å²) in [5.74, 6) is 0.0420. The third-order valence-corrected chi connectivity index (χ3v) is 2.85. The van der Waals surface area contributed by atoms with Crippen LogP contribution in [0.1, 0.15) is 33.6 Å². The number of carbonyl (C=O) groups is 1. The predicted molar refractivity (Wildman–Crippen MR) is 57.1 cm³/mol. The molecule has 0 amide bonds. The molecule has 1 aliphatic carbocycles. The molecule has 0 saturated heterocycles. The molecule has 0 heterocycles. The van der Waals surface area contributed by atoms with Crippen molar-refractivity contribution in [2.45, 2.75) is 33.6 Å². The van der Waals surface area contributed by atoms with Crippen LogP contribution in [0.3, 0.4) is 0 Å². The standard InChI is InChI=1S/C11H17ClO2/c1-4-5-14-10(13)9(12)6-8-7-11(8,2)3/h6,8H,4-5,7H2,1-3H3. The van der Waals surface area contributed by atoms with E-state index in [1.165, 1.54) is 0 Å². The van der Waals surface area contributed by atoms with Crippen LogP contribution < -0.4 is 0 Å². The van der Waals surface area contributed by atoms with E-state index in [4.69, 9.17) is 16.3 Å². The van der Waals surface area contributed by atoms with Crippen LogP contribution in [0.15, 0.2) is 11.1 Å². The number of esters is 1. The van der Waals surface area contributed by atoms with Gasteiger partial charge in [-0.15, -0.1) is 0 Å². The summed E-state index contributed by atoms with van der Waals surface area (Å²) < 4.78 is 4.91. The van der Waals surface area contributed by atoms with E-state index in [0.717, 1.165) is 12.8 Å². The minimum absolute atomic E-state index is 0.231. The fourth-order valence-corrected chi connectivity index (χ4v) is 1.51. The Bertz CT molecular complexity index is 256. The zero-order valence-corrected chi connectivity index (χ0v) is 9.73. The predicted octanol–water partition coefficient (Wildman–Crippen LogP) is 3.11. The zero-order chi connectivity index (χ0) is 10.8. The van der Waals surface area contributed by atoms with Gasteiger partial charge < -0.3 is 4.74 Å². The second-order valence-corrected chi connectivity index (χ2v) is 4.86. The Kier molecular flexibility index (Phi) is 3.59. The summed E-state index contributed by atoms with van der Waals surface area (Å²) in [4.78, 5) is 11.3. The van der Waals surface area contributed by atoms with Crippen molar-refractivity contribution in [3.8, 4) is 0 Å². The molecule has 1 aliphatic rings. The maximum absolute atomic E-state index is 11.3. The first kappa shape index (κ1) is 11.6. The van der Waals surface area contributed by atoms with Gasteiger partial charge in [-0.3, -0.25) is 0 Å². The Morgan fingerprint density at radius 3 is 2.64 bits per heavy atom. The fourth-order valence-electron chi connectivity index (χ4n) is 1.30. The number of allylic oxidation sites excluding steroid dienone is 1. The van der Waals surface area contributed by atoms with Gasteiger partial charge in [0.15, 0.2) is 0 Å². The quantitative estimate of drug-likeness (QED) is 0.533. The molecule has 0 aromatic heterocycles. The highest BCUT2D eigenvalue weighted by Crippen LogP contribution is 2.53. The van der Waals surface area contributed by atoms with Crippen LogP contribution in [0.4, 0.5) is 0 Å². The fraction of sp³-hybridized carbons (Fsp3) is 0.727. The largest absolute Gasteiger partial charge is 0.461 e. The number of ether oxygens (including phenoxy) is 1. The van der Waals surface area contributed by atoms with E-state index in [0.29, 0.717) is 17.9 Å². The van der Waals surface area contributed by atoms with Gasteiger partial charge in [0.2, 0.25) is 0 Å². The van der Waals surface area contributed by atoms with E-state index in [1.807, 2.05) is 13.0 Å². The number of rotatable bonds is 4. The lowest BCUT2D eigenvalue weighted by Crippen LogP contribution is -2.05. The molecule has 80 valence electrons. The van der Waals surface area contributed by atoms with Crippen LogP contribution in [-0.2, 0) is 9.53 Å². The van der Waals surface area contributed by atoms with Gasteiger partial charge in [0.25, 0.3) is 0 Å². The molecular weight excluding hydrogens is 200 g/mol. The Labute approximate surface area is 90.3 Å². The minimum atomic E-state index is -0.392. The minimum Gasteiger partial charge on any atom is -0.461 e. The van der Waals surface area contributed by atoms with Gasteiger partial charge in [0, 0.05) is 0 Å². The zero-order valence-electron chi connectivity index (χ0n) is 8.97. The lowest BCUT2D eigenvalue weighted by molar-refractivity contribution is -0.138. The lowest BCUT2D eigenvalue weighted by Gasteiger charge is -2.02. The van der Waals surface area contributed by atoms with Gasteiger partial charge in [-0.2, -0.15) is 0 Å². The molecule has 0 aromatic rings. The van der Waals surface area contributed by atoms with E-state index in [9.17, 15) is 4.79 Å². The molecule has 1 atom stereocenters. The molecule has 1 rings (SSSR count). The molecule has 1 saturated carbocycles. The average molecular weight is 217 g/mol. The molecule has 14 heavy (non-hydrogen) atoms. The van der Waals surface area contributed by atoms with Crippen LogP contribution >= 0.6 is 11.6 Å². The van der Waals surface area contributed by atoms with Crippen LogP contribution in [0.25, 0.3) is 0 Å². The van der Waals surface area contributed by atoms with Gasteiger partial charge in [-0.25, -0.2) is 4.79 Å². The normalized spacial score (nSPS) is 24.6. The summed E-state index contributed by atoms with van der Waals surface area (Å²) in [5, 5.41) is 0.231. The Balaban J connectivity index is 2.41. The molecule has 2 nitrogen and oxygen atoms in total. The first-order chi connectivity index (χ1) is 6.47. The van der Waals surface area contributed by atoms with Crippen LogP contribution in [0.2, 0.25) is 0 Å². The molecule has 0 aromatic carbocycles. The summed E-state index contributed by atoms with van der Waals surface area (Å²) in [7, 11) is 0. The van der Waals surface area contributed by atoms with Crippen molar-refractivity contribution in [2.75, 3.05) is 6.61 Å². The Hall–Kier alpha value is -0.500. The second-order valence-electron chi connectivity index (χ2n) is 4.45. The van der Waals surface area contributed by atoms with Crippen LogP contribution in [0.5, 0.6) is 0 Å². The van der Waals surface area contributed by atoms with Crippen molar-refractivity contribution < 1.29 is 9.53 Å². The summed E-state index contributed by atoms with van der Waals surface area (Å²) >= 11 is 5.82. The smallest absolute Gasteiger partial charge is 0.349 e. The van der Waals surface area contributed by atoms with Gasteiger partial charge in [0.1, 0.15) is 5.03 Å². The van der Waals surface area contributed by atoms with Gasteiger partial charge in [0.05, 0.1) is 6.61 Å².